The molecule has 0 saturated carbocycles. The van der Waals surface area contributed by atoms with Crippen LogP contribution >= 0.6 is 0 Å². The van der Waals surface area contributed by atoms with Crippen molar-refractivity contribution >= 4 is 15.9 Å². The molecular weight excluding hydrogens is 384 g/mol. The van der Waals surface area contributed by atoms with E-state index in [2.05, 4.69) is 20.8 Å². The van der Waals surface area contributed by atoms with Gasteiger partial charge in [0.05, 0.1) is 4.90 Å². The van der Waals surface area contributed by atoms with E-state index in [9.17, 15) is 13.2 Å². The Morgan fingerprint density at radius 3 is 2.00 bits per heavy atom. The zero-order chi connectivity index (χ0) is 21.0. The Hall–Kier alpha value is -2.18. The van der Waals surface area contributed by atoms with E-state index in [0.717, 1.165) is 11.1 Å². The number of amides is 1. The number of carbonyl (C=O) groups is 1. The average Bonchev–Trinajstić information content (AvgIpc) is 2.74. The van der Waals surface area contributed by atoms with Gasteiger partial charge >= 0.3 is 0 Å². The predicted octanol–water partition coefficient (Wildman–Crippen LogP) is 3.84. The van der Waals surface area contributed by atoms with Gasteiger partial charge in [-0.2, -0.15) is 4.31 Å². The van der Waals surface area contributed by atoms with Gasteiger partial charge in [0.25, 0.3) is 0 Å². The van der Waals surface area contributed by atoms with Crippen LogP contribution in [0, 0.1) is 0 Å². The van der Waals surface area contributed by atoms with Gasteiger partial charge in [0.15, 0.2) is 0 Å². The Bertz CT molecular complexity index is 916. The van der Waals surface area contributed by atoms with Gasteiger partial charge in [0, 0.05) is 32.6 Å². The van der Waals surface area contributed by atoms with E-state index in [-0.39, 0.29) is 11.8 Å². The maximum absolute atomic E-state index is 12.9. The number of rotatable bonds is 6. The van der Waals surface area contributed by atoms with Crippen LogP contribution in [0.25, 0.3) is 0 Å². The van der Waals surface area contributed by atoms with Crippen LogP contribution in [0.15, 0.2) is 59.5 Å². The normalized spacial score (nSPS) is 16.8. The van der Waals surface area contributed by atoms with Gasteiger partial charge < -0.3 is 4.90 Å². The lowest BCUT2D eigenvalue weighted by Crippen LogP contribution is -2.50. The van der Waals surface area contributed by atoms with Gasteiger partial charge in [-0.3, -0.25) is 4.79 Å². The van der Waals surface area contributed by atoms with Gasteiger partial charge in [-0.1, -0.05) is 63.2 Å². The summed E-state index contributed by atoms with van der Waals surface area (Å²) in [5, 5.41) is 0. The molecule has 2 aromatic carbocycles. The van der Waals surface area contributed by atoms with Gasteiger partial charge in [-0.25, -0.2) is 8.42 Å². The summed E-state index contributed by atoms with van der Waals surface area (Å²) in [6.45, 7) is 7.75. The predicted molar refractivity (Wildman–Crippen MR) is 115 cm³/mol. The number of benzene rings is 2. The Kier molecular flexibility index (Phi) is 6.75. The highest BCUT2D eigenvalue weighted by atomic mass is 32.2. The molecule has 1 fully saturated rings. The van der Waals surface area contributed by atoms with Gasteiger partial charge in [0.1, 0.15) is 0 Å². The first-order valence-corrected chi connectivity index (χ1v) is 11.7. The van der Waals surface area contributed by atoms with Crippen molar-refractivity contribution in [3.8, 4) is 0 Å². The first kappa shape index (κ1) is 21.5. The molecule has 1 atom stereocenters. The summed E-state index contributed by atoms with van der Waals surface area (Å²) in [5.41, 5.74) is 2.26. The summed E-state index contributed by atoms with van der Waals surface area (Å²) in [6.07, 6.45) is 0.438. The van der Waals surface area contributed by atoms with E-state index >= 15 is 0 Å². The van der Waals surface area contributed by atoms with Crippen molar-refractivity contribution in [2.24, 2.45) is 0 Å². The maximum Gasteiger partial charge on any atom is 0.243 e. The first-order chi connectivity index (χ1) is 13.8. The third-order valence-electron chi connectivity index (χ3n) is 5.63. The van der Waals surface area contributed by atoms with Crippen molar-refractivity contribution in [1.29, 1.82) is 0 Å². The van der Waals surface area contributed by atoms with Crippen molar-refractivity contribution < 1.29 is 13.2 Å². The van der Waals surface area contributed by atoms with Crippen LogP contribution in [0.3, 0.4) is 0 Å². The van der Waals surface area contributed by atoms with E-state index in [4.69, 9.17) is 0 Å². The number of piperazine rings is 1. The monoisotopic (exact) mass is 414 g/mol. The lowest BCUT2D eigenvalue weighted by Gasteiger charge is -2.34. The molecule has 1 heterocycles. The molecule has 0 radical (unpaired) electrons. The minimum absolute atomic E-state index is 0.0830. The molecule has 0 unspecified atom stereocenters. The van der Waals surface area contributed by atoms with Crippen molar-refractivity contribution in [1.82, 2.24) is 9.21 Å². The smallest absolute Gasteiger partial charge is 0.243 e. The Morgan fingerprint density at radius 2 is 1.45 bits per heavy atom. The fourth-order valence-electron chi connectivity index (χ4n) is 3.64. The van der Waals surface area contributed by atoms with Crippen LogP contribution in [0.2, 0.25) is 0 Å². The Labute approximate surface area is 174 Å². The van der Waals surface area contributed by atoms with Gasteiger partial charge in [-0.15, -0.1) is 0 Å². The second-order valence-corrected chi connectivity index (χ2v) is 9.96. The molecule has 5 nitrogen and oxygen atoms in total. The topological polar surface area (TPSA) is 57.7 Å². The molecule has 1 aliphatic heterocycles. The highest BCUT2D eigenvalue weighted by molar-refractivity contribution is 7.89. The minimum Gasteiger partial charge on any atom is -0.340 e. The molecule has 0 aliphatic carbocycles. The summed E-state index contributed by atoms with van der Waals surface area (Å²) in [4.78, 5) is 14.8. The molecule has 0 spiro atoms. The molecule has 1 aliphatic rings. The third-order valence-corrected chi connectivity index (χ3v) is 7.54. The third kappa shape index (κ3) is 5.06. The summed E-state index contributed by atoms with van der Waals surface area (Å²) in [7, 11) is -3.52. The van der Waals surface area contributed by atoms with Crippen LogP contribution in [-0.2, 0) is 14.8 Å². The fourth-order valence-corrected chi connectivity index (χ4v) is 5.06. The molecule has 0 aromatic heterocycles. The average molecular weight is 415 g/mol. The summed E-state index contributed by atoms with van der Waals surface area (Å²) < 4.78 is 27.3. The number of hydrogen-bond acceptors (Lipinski definition) is 3. The van der Waals surface area contributed by atoms with E-state index in [1.54, 1.807) is 17.0 Å². The highest BCUT2D eigenvalue weighted by Crippen LogP contribution is 2.23. The fraction of sp³-hybridized carbons (Fsp3) is 0.435. The molecule has 6 heteroatoms. The quantitative estimate of drug-likeness (QED) is 0.722. The number of nitrogens with zero attached hydrogens (tertiary/aromatic N) is 2. The van der Waals surface area contributed by atoms with Crippen LogP contribution in [0.4, 0.5) is 0 Å². The minimum atomic E-state index is -3.52. The van der Waals surface area contributed by atoms with Crippen LogP contribution in [0.1, 0.15) is 50.2 Å². The Balaban J connectivity index is 1.58. The second-order valence-electron chi connectivity index (χ2n) is 8.02. The SMILES string of the molecule is CC(C)c1ccc(S(=O)(=O)N2CCN(C(=O)C[C@H](C)c3ccccc3)CC2)cc1. The van der Waals surface area contributed by atoms with Gasteiger partial charge in [-0.05, 0) is 35.1 Å². The highest BCUT2D eigenvalue weighted by Gasteiger charge is 2.30. The van der Waals surface area contributed by atoms with E-state index < -0.39 is 10.0 Å². The molecule has 3 rings (SSSR count). The van der Waals surface area contributed by atoms with Crippen molar-refractivity contribution in [2.75, 3.05) is 26.2 Å². The summed E-state index contributed by atoms with van der Waals surface area (Å²) in [6, 6.07) is 17.1. The number of hydrogen-bond donors (Lipinski definition) is 0. The molecule has 1 amide bonds. The largest absolute Gasteiger partial charge is 0.340 e. The maximum atomic E-state index is 12.9. The number of carbonyl (C=O) groups excluding carboxylic acids is 1. The first-order valence-electron chi connectivity index (χ1n) is 10.2. The Morgan fingerprint density at radius 1 is 0.862 bits per heavy atom. The van der Waals surface area contributed by atoms with Crippen molar-refractivity contribution in [3.05, 3.63) is 65.7 Å². The van der Waals surface area contributed by atoms with Crippen molar-refractivity contribution in [2.45, 2.75) is 43.9 Å². The molecular formula is C23H30N2O3S. The van der Waals surface area contributed by atoms with Crippen LogP contribution in [0.5, 0.6) is 0 Å². The number of sulfonamides is 1. The van der Waals surface area contributed by atoms with E-state index in [1.165, 1.54) is 4.31 Å². The van der Waals surface area contributed by atoms with Gasteiger partial charge in [0.2, 0.25) is 15.9 Å². The second kappa shape index (κ2) is 9.09. The molecule has 1 saturated heterocycles. The molecule has 0 N–H and O–H groups in total. The molecule has 0 bridgehead atoms. The summed E-state index contributed by atoms with van der Waals surface area (Å²) >= 11 is 0. The van der Waals surface area contributed by atoms with E-state index in [0.29, 0.717) is 43.4 Å². The standard InChI is InChI=1S/C23H30N2O3S/c1-18(2)20-9-11-22(12-10-20)29(27,28)25-15-13-24(14-16-25)23(26)17-19(3)21-7-5-4-6-8-21/h4-12,18-19H,13-17H2,1-3H3/t19-/m0/s1. The molecule has 2 aromatic rings. The zero-order valence-electron chi connectivity index (χ0n) is 17.4. The van der Waals surface area contributed by atoms with Crippen LogP contribution < -0.4 is 0 Å². The zero-order valence-corrected chi connectivity index (χ0v) is 18.2. The molecule has 156 valence electrons. The van der Waals surface area contributed by atoms with Crippen molar-refractivity contribution in [3.63, 3.8) is 0 Å². The lowest BCUT2D eigenvalue weighted by atomic mass is 9.97. The molecule has 29 heavy (non-hydrogen) atoms. The lowest BCUT2D eigenvalue weighted by molar-refractivity contribution is -0.132. The summed E-state index contributed by atoms with van der Waals surface area (Å²) in [5.74, 6) is 0.587. The van der Waals surface area contributed by atoms with Crippen LogP contribution in [-0.4, -0.2) is 49.7 Å². The van der Waals surface area contributed by atoms with E-state index in [1.807, 2.05) is 42.5 Å².